The van der Waals surface area contributed by atoms with E-state index in [-0.39, 0.29) is 5.91 Å². The Morgan fingerprint density at radius 3 is 2.89 bits per heavy atom. The number of carbonyl (C=O) groups is 1. The fraction of sp³-hybridized carbons (Fsp3) is 0.250. The quantitative estimate of drug-likeness (QED) is 0.940. The monoisotopic (exact) mass is 279 g/mol. The van der Waals surface area contributed by atoms with Crippen LogP contribution in [0.1, 0.15) is 18.4 Å². The number of carbonyl (C=O) groups excluding carboxylic acids is 1. The minimum Gasteiger partial charge on any atom is -0.300 e. The number of anilines is 1. The Labute approximate surface area is 113 Å². The van der Waals surface area contributed by atoms with Crippen LogP contribution in [0, 0.1) is 0 Å². The summed E-state index contributed by atoms with van der Waals surface area (Å²) in [5, 5.41) is 11.5. The first-order valence-corrected chi connectivity index (χ1v) is 6.80. The highest BCUT2D eigenvalue weighted by molar-refractivity contribution is 7.13. The molecule has 0 bridgehead atoms. The Morgan fingerprint density at radius 2 is 2.28 bits per heavy atom. The molecule has 1 aliphatic carbocycles. The number of halogens is 1. The maximum absolute atomic E-state index is 12.3. The van der Waals surface area contributed by atoms with Gasteiger partial charge in [-0.2, -0.15) is 0 Å². The number of rotatable bonds is 3. The van der Waals surface area contributed by atoms with Crippen molar-refractivity contribution in [2.75, 3.05) is 5.32 Å². The molecule has 2 aromatic rings. The van der Waals surface area contributed by atoms with Crippen molar-refractivity contribution in [2.45, 2.75) is 18.3 Å². The number of amides is 1. The molecule has 1 aliphatic rings. The lowest BCUT2D eigenvalue weighted by Gasteiger charge is -2.14. The van der Waals surface area contributed by atoms with Crippen LogP contribution < -0.4 is 5.32 Å². The molecule has 1 N–H and O–H groups in total. The highest BCUT2D eigenvalue weighted by Crippen LogP contribution is 2.49. The second-order valence-electron chi connectivity index (χ2n) is 4.29. The van der Waals surface area contributed by atoms with Gasteiger partial charge in [-0.1, -0.05) is 35.1 Å². The molecule has 3 rings (SSSR count). The van der Waals surface area contributed by atoms with Crippen LogP contribution in [-0.2, 0) is 10.2 Å². The largest absolute Gasteiger partial charge is 0.300 e. The van der Waals surface area contributed by atoms with E-state index in [0.717, 1.165) is 18.4 Å². The fourth-order valence-corrected chi connectivity index (χ4v) is 2.63. The van der Waals surface area contributed by atoms with Crippen LogP contribution in [0.2, 0.25) is 5.02 Å². The van der Waals surface area contributed by atoms with Gasteiger partial charge in [0, 0.05) is 5.02 Å². The van der Waals surface area contributed by atoms with Gasteiger partial charge in [0.05, 0.1) is 5.41 Å². The number of aromatic nitrogens is 2. The van der Waals surface area contributed by atoms with Crippen LogP contribution in [0.25, 0.3) is 0 Å². The summed E-state index contributed by atoms with van der Waals surface area (Å²) in [6.45, 7) is 0. The smallest absolute Gasteiger partial charge is 0.236 e. The van der Waals surface area contributed by atoms with Gasteiger partial charge in [-0.25, -0.2) is 0 Å². The summed E-state index contributed by atoms with van der Waals surface area (Å²) in [4.78, 5) is 12.3. The molecular weight excluding hydrogens is 270 g/mol. The molecule has 0 unspecified atom stereocenters. The van der Waals surface area contributed by atoms with Crippen molar-refractivity contribution in [3.05, 3.63) is 40.4 Å². The summed E-state index contributed by atoms with van der Waals surface area (Å²) < 4.78 is 0. The van der Waals surface area contributed by atoms with Crippen molar-refractivity contribution in [1.29, 1.82) is 0 Å². The summed E-state index contributed by atoms with van der Waals surface area (Å²) in [7, 11) is 0. The van der Waals surface area contributed by atoms with E-state index in [1.165, 1.54) is 11.3 Å². The van der Waals surface area contributed by atoms with Crippen LogP contribution in [0.5, 0.6) is 0 Å². The van der Waals surface area contributed by atoms with Crippen molar-refractivity contribution < 1.29 is 4.79 Å². The van der Waals surface area contributed by atoms with Gasteiger partial charge < -0.3 is 0 Å². The van der Waals surface area contributed by atoms with Gasteiger partial charge in [0.1, 0.15) is 5.51 Å². The first-order chi connectivity index (χ1) is 8.71. The second kappa shape index (κ2) is 4.33. The van der Waals surface area contributed by atoms with Gasteiger partial charge in [-0.05, 0) is 30.5 Å². The molecular formula is C12H10ClN3OS. The summed E-state index contributed by atoms with van der Waals surface area (Å²) >= 11 is 7.29. The molecule has 1 heterocycles. The Morgan fingerprint density at radius 1 is 1.44 bits per heavy atom. The molecule has 6 heteroatoms. The van der Waals surface area contributed by atoms with Crippen LogP contribution in [0.4, 0.5) is 5.13 Å². The summed E-state index contributed by atoms with van der Waals surface area (Å²) in [6.07, 6.45) is 1.69. The fourth-order valence-electron chi connectivity index (χ4n) is 2.00. The summed E-state index contributed by atoms with van der Waals surface area (Å²) in [5.74, 6) is -0.0264. The lowest BCUT2D eigenvalue weighted by atomic mass is 9.95. The predicted molar refractivity (Wildman–Crippen MR) is 70.9 cm³/mol. The molecule has 1 aromatic heterocycles. The number of nitrogens with zero attached hydrogens (tertiary/aromatic N) is 2. The number of hydrogen-bond donors (Lipinski definition) is 1. The summed E-state index contributed by atoms with van der Waals surface area (Å²) in [6, 6.07) is 7.48. The molecule has 0 saturated heterocycles. The van der Waals surface area contributed by atoms with Crippen molar-refractivity contribution in [2.24, 2.45) is 0 Å². The molecule has 0 atom stereocenters. The SMILES string of the molecule is O=C(Nc1nncs1)C1(c2cccc(Cl)c2)CC1. The van der Waals surface area contributed by atoms with Crippen molar-refractivity contribution in [1.82, 2.24) is 10.2 Å². The maximum atomic E-state index is 12.3. The van der Waals surface area contributed by atoms with E-state index in [1.54, 1.807) is 5.51 Å². The lowest BCUT2D eigenvalue weighted by Crippen LogP contribution is -2.27. The minimum absolute atomic E-state index is 0.0264. The van der Waals surface area contributed by atoms with E-state index in [9.17, 15) is 4.79 Å². The highest BCUT2D eigenvalue weighted by atomic mass is 35.5. The average molecular weight is 280 g/mol. The molecule has 1 aromatic carbocycles. The van der Waals surface area contributed by atoms with E-state index in [0.29, 0.717) is 10.2 Å². The Kier molecular flexibility index (Phi) is 2.80. The zero-order valence-corrected chi connectivity index (χ0v) is 11.0. The van der Waals surface area contributed by atoms with Gasteiger partial charge >= 0.3 is 0 Å². The van der Waals surface area contributed by atoms with Crippen LogP contribution in [0.3, 0.4) is 0 Å². The standard InChI is InChI=1S/C12H10ClN3OS/c13-9-3-1-2-8(6-9)12(4-5-12)10(17)15-11-16-14-7-18-11/h1-3,6-7H,4-5H2,(H,15,16,17). The number of benzene rings is 1. The van der Waals surface area contributed by atoms with Gasteiger partial charge in [0.25, 0.3) is 0 Å². The molecule has 0 radical (unpaired) electrons. The Bertz CT molecular complexity index is 581. The zero-order valence-electron chi connectivity index (χ0n) is 9.39. The topological polar surface area (TPSA) is 54.9 Å². The number of hydrogen-bond acceptors (Lipinski definition) is 4. The number of nitrogens with one attached hydrogen (secondary N) is 1. The third-order valence-corrected chi connectivity index (χ3v) is 3.98. The van der Waals surface area contributed by atoms with E-state index in [4.69, 9.17) is 11.6 Å². The molecule has 18 heavy (non-hydrogen) atoms. The first kappa shape index (κ1) is 11.6. The third kappa shape index (κ3) is 2.00. The van der Waals surface area contributed by atoms with Crippen molar-refractivity contribution in [3.63, 3.8) is 0 Å². The molecule has 1 amide bonds. The van der Waals surface area contributed by atoms with Gasteiger partial charge in [0.2, 0.25) is 11.0 Å². The molecule has 0 aliphatic heterocycles. The zero-order chi connectivity index (χ0) is 12.6. The Balaban J connectivity index is 1.85. The normalized spacial score (nSPS) is 16.3. The van der Waals surface area contributed by atoms with Gasteiger partial charge in [0.15, 0.2) is 0 Å². The molecule has 1 fully saturated rings. The van der Waals surface area contributed by atoms with Crippen LogP contribution >= 0.6 is 22.9 Å². The first-order valence-electron chi connectivity index (χ1n) is 5.54. The van der Waals surface area contributed by atoms with Crippen molar-refractivity contribution >= 4 is 34.0 Å². The second-order valence-corrected chi connectivity index (χ2v) is 5.56. The Hall–Kier alpha value is -1.46. The van der Waals surface area contributed by atoms with E-state index in [2.05, 4.69) is 15.5 Å². The van der Waals surface area contributed by atoms with E-state index < -0.39 is 5.41 Å². The third-order valence-electron chi connectivity index (χ3n) is 3.14. The highest BCUT2D eigenvalue weighted by Gasteiger charge is 2.51. The van der Waals surface area contributed by atoms with Crippen LogP contribution in [0.15, 0.2) is 29.8 Å². The average Bonchev–Trinajstić information content (AvgIpc) is 3.03. The van der Waals surface area contributed by atoms with Crippen molar-refractivity contribution in [3.8, 4) is 0 Å². The summed E-state index contributed by atoms with van der Waals surface area (Å²) in [5.41, 5.74) is 2.13. The molecule has 4 nitrogen and oxygen atoms in total. The maximum Gasteiger partial charge on any atom is 0.236 e. The predicted octanol–water partition coefficient (Wildman–Crippen LogP) is 2.86. The molecule has 0 spiro atoms. The van der Waals surface area contributed by atoms with E-state index in [1.807, 2.05) is 24.3 Å². The van der Waals surface area contributed by atoms with E-state index >= 15 is 0 Å². The van der Waals surface area contributed by atoms with Gasteiger partial charge in [-0.3, -0.25) is 10.1 Å². The van der Waals surface area contributed by atoms with Crippen LogP contribution in [-0.4, -0.2) is 16.1 Å². The minimum atomic E-state index is -0.434. The molecule has 92 valence electrons. The molecule has 1 saturated carbocycles. The lowest BCUT2D eigenvalue weighted by molar-refractivity contribution is -0.118. The van der Waals surface area contributed by atoms with Gasteiger partial charge in [-0.15, -0.1) is 10.2 Å².